The lowest BCUT2D eigenvalue weighted by Crippen LogP contribution is -2.03. The molecule has 3 rings (SSSR count). The molecule has 0 saturated carbocycles. The standard InChI is InChI=1S/C18H19N.C10H14FN.C2H6/c1-3-14(2)12-18(19)17-11-7-10-16(13-17)15-8-5-4-6-9-15;11-10-6-3-5-9(8-10)4-1-2-7-12;1-2/h3-13H,19H2,1-2H3;1-2,7-8,10,12H,3-6H2;1-2H3/b14-3-,18-12-;2-1-,12-7?;/t;10-;/m.0./s1. The van der Waals surface area contributed by atoms with Crippen molar-refractivity contribution in [2.75, 3.05) is 0 Å². The van der Waals surface area contributed by atoms with Crippen LogP contribution in [0.15, 0.2) is 96.1 Å². The van der Waals surface area contributed by atoms with Crippen molar-refractivity contribution in [1.29, 1.82) is 5.41 Å². The van der Waals surface area contributed by atoms with Crippen molar-refractivity contribution in [2.24, 2.45) is 5.73 Å². The van der Waals surface area contributed by atoms with Gasteiger partial charge in [0.25, 0.3) is 0 Å². The molecule has 2 nitrogen and oxygen atoms in total. The minimum Gasteiger partial charge on any atom is -0.398 e. The molecule has 0 aliphatic heterocycles. The molecule has 1 aliphatic rings. The molecule has 0 heterocycles. The van der Waals surface area contributed by atoms with Crippen LogP contribution in [0.3, 0.4) is 0 Å². The van der Waals surface area contributed by atoms with Gasteiger partial charge in [0.1, 0.15) is 6.17 Å². The van der Waals surface area contributed by atoms with Crippen molar-refractivity contribution < 1.29 is 4.39 Å². The molecule has 0 amide bonds. The Bertz CT molecular complexity index is 952. The first-order valence-electron chi connectivity index (χ1n) is 11.8. The van der Waals surface area contributed by atoms with Gasteiger partial charge in [0, 0.05) is 11.9 Å². The van der Waals surface area contributed by atoms with E-state index in [1.165, 1.54) is 28.5 Å². The normalized spacial score (nSPS) is 16.2. The SMILES string of the molecule is C/C=C(C)\C=C(/N)c1cccc(-c2ccccc2)c1.CC.N=C/C=C\CC1=C[C@@H](F)CCC1. The van der Waals surface area contributed by atoms with E-state index in [1.807, 2.05) is 76.3 Å². The Kier molecular flexibility index (Phi) is 13.9. The molecule has 0 fully saturated rings. The number of nitrogens with one attached hydrogen (secondary N) is 1. The molecular formula is C30H39FN2. The Hall–Kier alpha value is -3.20. The monoisotopic (exact) mass is 446 g/mol. The van der Waals surface area contributed by atoms with E-state index < -0.39 is 6.17 Å². The fourth-order valence-electron chi connectivity index (χ4n) is 3.32. The second-order valence-corrected chi connectivity index (χ2v) is 7.61. The summed E-state index contributed by atoms with van der Waals surface area (Å²) in [5.74, 6) is 0. The smallest absolute Gasteiger partial charge is 0.119 e. The van der Waals surface area contributed by atoms with Crippen LogP contribution in [0.5, 0.6) is 0 Å². The number of allylic oxidation sites excluding steroid dienone is 7. The topological polar surface area (TPSA) is 49.9 Å². The number of nitrogens with two attached hydrogens (primary N) is 1. The molecule has 1 atom stereocenters. The van der Waals surface area contributed by atoms with Crippen LogP contribution >= 0.6 is 0 Å². The summed E-state index contributed by atoms with van der Waals surface area (Å²) in [5, 5.41) is 6.75. The van der Waals surface area contributed by atoms with Crippen LogP contribution in [-0.4, -0.2) is 12.4 Å². The van der Waals surface area contributed by atoms with E-state index >= 15 is 0 Å². The van der Waals surface area contributed by atoms with Gasteiger partial charge in [-0.2, -0.15) is 0 Å². The molecule has 33 heavy (non-hydrogen) atoms. The van der Waals surface area contributed by atoms with E-state index in [0.29, 0.717) is 6.42 Å². The summed E-state index contributed by atoms with van der Waals surface area (Å²) in [6.07, 6.45) is 13.3. The van der Waals surface area contributed by atoms with Crippen LogP contribution in [0, 0.1) is 5.41 Å². The van der Waals surface area contributed by atoms with Gasteiger partial charge in [-0.25, -0.2) is 4.39 Å². The quantitative estimate of drug-likeness (QED) is 0.260. The van der Waals surface area contributed by atoms with Gasteiger partial charge in [-0.1, -0.05) is 91.8 Å². The Morgan fingerprint density at radius 2 is 1.79 bits per heavy atom. The molecular weight excluding hydrogens is 407 g/mol. The minimum absolute atomic E-state index is 0.678. The van der Waals surface area contributed by atoms with Gasteiger partial charge in [0.15, 0.2) is 0 Å². The number of hydrogen-bond acceptors (Lipinski definition) is 2. The van der Waals surface area contributed by atoms with Gasteiger partial charge in [-0.05, 0) is 74.4 Å². The number of benzene rings is 2. The summed E-state index contributed by atoms with van der Waals surface area (Å²) >= 11 is 0. The highest BCUT2D eigenvalue weighted by Gasteiger charge is 2.10. The zero-order valence-electron chi connectivity index (χ0n) is 20.5. The van der Waals surface area contributed by atoms with E-state index in [2.05, 4.69) is 24.3 Å². The maximum Gasteiger partial charge on any atom is 0.119 e. The third-order valence-electron chi connectivity index (χ3n) is 5.15. The molecule has 0 spiro atoms. The molecule has 2 aromatic carbocycles. The number of alkyl halides is 1. The van der Waals surface area contributed by atoms with E-state index in [4.69, 9.17) is 11.1 Å². The molecule has 0 saturated heterocycles. The largest absolute Gasteiger partial charge is 0.398 e. The van der Waals surface area contributed by atoms with Gasteiger partial charge in [0.05, 0.1) is 0 Å². The molecule has 176 valence electrons. The van der Waals surface area contributed by atoms with Gasteiger partial charge < -0.3 is 11.1 Å². The molecule has 1 aliphatic carbocycles. The highest BCUT2D eigenvalue weighted by atomic mass is 19.1. The van der Waals surface area contributed by atoms with E-state index in [0.717, 1.165) is 30.5 Å². The summed E-state index contributed by atoms with van der Waals surface area (Å²) in [6.45, 7) is 8.06. The molecule has 0 unspecified atom stereocenters. The first kappa shape index (κ1) is 27.8. The summed E-state index contributed by atoms with van der Waals surface area (Å²) in [7, 11) is 0. The fraction of sp³-hybridized carbons (Fsp3) is 0.300. The Morgan fingerprint density at radius 3 is 2.42 bits per heavy atom. The summed E-state index contributed by atoms with van der Waals surface area (Å²) in [5.41, 5.74) is 12.7. The van der Waals surface area contributed by atoms with Crippen LogP contribution in [0.1, 0.15) is 58.9 Å². The van der Waals surface area contributed by atoms with Gasteiger partial charge in [-0.15, -0.1) is 0 Å². The first-order chi connectivity index (χ1) is 16.0. The van der Waals surface area contributed by atoms with Crippen LogP contribution in [0.25, 0.3) is 16.8 Å². The predicted octanol–water partition coefficient (Wildman–Crippen LogP) is 8.68. The van der Waals surface area contributed by atoms with Gasteiger partial charge in [0.2, 0.25) is 0 Å². The Balaban J connectivity index is 0.000000335. The van der Waals surface area contributed by atoms with Crippen molar-refractivity contribution in [2.45, 2.75) is 59.5 Å². The lowest BCUT2D eigenvalue weighted by atomic mass is 9.96. The van der Waals surface area contributed by atoms with Crippen molar-refractivity contribution in [3.05, 3.63) is 102 Å². The molecule has 2 aromatic rings. The zero-order valence-corrected chi connectivity index (χ0v) is 20.5. The Morgan fingerprint density at radius 1 is 1.09 bits per heavy atom. The minimum atomic E-state index is -0.734. The lowest BCUT2D eigenvalue weighted by molar-refractivity contribution is 0.355. The van der Waals surface area contributed by atoms with Crippen molar-refractivity contribution in [3.8, 4) is 11.1 Å². The third-order valence-corrected chi connectivity index (χ3v) is 5.15. The van der Waals surface area contributed by atoms with Crippen LogP contribution in [0.4, 0.5) is 4.39 Å². The average molecular weight is 447 g/mol. The number of halogens is 1. The lowest BCUT2D eigenvalue weighted by Gasteiger charge is -2.13. The first-order valence-corrected chi connectivity index (χ1v) is 11.8. The van der Waals surface area contributed by atoms with Crippen molar-refractivity contribution >= 4 is 11.9 Å². The van der Waals surface area contributed by atoms with E-state index in [-0.39, 0.29) is 0 Å². The van der Waals surface area contributed by atoms with Crippen molar-refractivity contribution in [1.82, 2.24) is 0 Å². The summed E-state index contributed by atoms with van der Waals surface area (Å²) in [4.78, 5) is 0. The second-order valence-electron chi connectivity index (χ2n) is 7.61. The maximum absolute atomic E-state index is 12.8. The summed E-state index contributed by atoms with van der Waals surface area (Å²) < 4.78 is 12.8. The molecule has 3 N–H and O–H groups in total. The van der Waals surface area contributed by atoms with Crippen molar-refractivity contribution in [3.63, 3.8) is 0 Å². The fourth-order valence-corrected chi connectivity index (χ4v) is 3.32. The predicted molar refractivity (Wildman–Crippen MR) is 144 cm³/mol. The zero-order chi connectivity index (χ0) is 24.5. The summed E-state index contributed by atoms with van der Waals surface area (Å²) in [6, 6.07) is 18.7. The van der Waals surface area contributed by atoms with Crippen LogP contribution in [-0.2, 0) is 0 Å². The van der Waals surface area contributed by atoms with E-state index in [1.54, 1.807) is 12.2 Å². The number of hydrogen-bond donors (Lipinski definition) is 2. The van der Waals surface area contributed by atoms with E-state index in [9.17, 15) is 4.39 Å². The van der Waals surface area contributed by atoms with Gasteiger partial charge in [-0.3, -0.25) is 0 Å². The molecule has 0 aromatic heterocycles. The molecule has 3 heteroatoms. The Labute approximate surface area is 199 Å². The third kappa shape index (κ3) is 10.8. The molecule has 0 radical (unpaired) electrons. The number of rotatable bonds is 6. The van der Waals surface area contributed by atoms with Crippen LogP contribution < -0.4 is 5.73 Å². The highest BCUT2D eigenvalue weighted by molar-refractivity contribution is 5.72. The molecule has 0 bridgehead atoms. The average Bonchev–Trinajstić information content (AvgIpc) is 2.86. The van der Waals surface area contributed by atoms with Crippen LogP contribution in [0.2, 0.25) is 0 Å². The highest BCUT2D eigenvalue weighted by Crippen LogP contribution is 2.23. The second kappa shape index (κ2) is 16.4. The maximum atomic E-state index is 12.8. The van der Waals surface area contributed by atoms with Gasteiger partial charge >= 0.3 is 0 Å².